The Labute approximate surface area is 79.9 Å². The lowest BCUT2D eigenvalue weighted by molar-refractivity contribution is 0.0601. The molecule has 1 aromatic carbocycles. The second-order valence-corrected chi connectivity index (χ2v) is 3.17. The molecule has 0 saturated carbocycles. The fourth-order valence-electron chi connectivity index (χ4n) is 1.10. The molecule has 68 valence electrons. The first-order valence-corrected chi connectivity index (χ1v) is 4.53. The smallest absolute Gasteiger partial charge is 0.337 e. The highest BCUT2D eigenvalue weighted by Gasteiger charge is 2.13. The molecule has 0 fully saturated rings. The number of hydrogen-bond donors (Lipinski definition) is 2. The molecule has 0 spiro atoms. The van der Waals surface area contributed by atoms with Gasteiger partial charge >= 0.3 is 5.97 Å². The van der Waals surface area contributed by atoms with Crippen molar-refractivity contribution in [2.24, 2.45) is 0 Å². The Bertz CT molecular complexity index is 354. The predicted molar refractivity (Wildman–Crippen MR) is 52.6 cm³/mol. The Balaban J connectivity index is 2.36. The maximum Gasteiger partial charge on any atom is 0.337 e. The van der Waals surface area contributed by atoms with Gasteiger partial charge in [0.2, 0.25) is 0 Å². The summed E-state index contributed by atoms with van der Waals surface area (Å²) in [5, 5.41) is 0. The van der Waals surface area contributed by atoms with E-state index in [2.05, 4.69) is 14.2 Å². The molecular weight excluding hydrogens is 188 g/mol. The predicted octanol–water partition coefficient (Wildman–Crippen LogP) is 1.87. The number of carbonyl (C=O) groups excluding carboxylic acids is 1. The molecule has 0 bridgehead atoms. The minimum absolute atomic E-state index is 0.318. The van der Waals surface area contributed by atoms with E-state index in [9.17, 15) is 4.79 Å². The molecule has 4 nitrogen and oxygen atoms in total. The minimum Gasteiger partial charge on any atom is -0.465 e. The number of esters is 1. The molecule has 1 aliphatic rings. The van der Waals surface area contributed by atoms with Crippen LogP contribution < -0.4 is 9.44 Å². The second kappa shape index (κ2) is 3.18. The van der Waals surface area contributed by atoms with Gasteiger partial charge in [0.05, 0.1) is 36.2 Å². The number of methoxy groups -OCH3 is 1. The van der Waals surface area contributed by atoms with Gasteiger partial charge in [0.25, 0.3) is 0 Å². The molecule has 1 aromatic rings. The van der Waals surface area contributed by atoms with E-state index in [1.54, 1.807) is 12.1 Å². The topological polar surface area (TPSA) is 50.4 Å². The van der Waals surface area contributed by atoms with Crippen LogP contribution >= 0.6 is 12.1 Å². The lowest BCUT2D eigenvalue weighted by Crippen LogP contribution is -2.00. The van der Waals surface area contributed by atoms with Crippen molar-refractivity contribution >= 4 is 29.5 Å². The number of anilines is 2. The first-order chi connectivity index (χ1) is 6.31. The van der Waals surface area contributed by atoms with Crippen LogP contribution in [0.4, 0.5) is 11.4 Å². The summed E-state index contributed by atoms with van der Waals surface area (Å²) in [5.41, 5.74) is 2.45. The van der Waals surface area contributed by atoms with Gasteiger partial charge in [-0.2, -0.15) is 0 Å². The van der Waals surface area contributed by atoms with Crippen LogP contribution in [0.5, 0.6) is 0 Å². The van der Waals surface area contributed by atoms with Crippen LogP contribution in [0.2, 0.25) is 0 Å². The summed E-state index contributed by atoms with van der Waals surface area (Å²) in [7, 11) is 1.37. The summed E-state index contributed by atoms with van der Waals surface area (Å²) >= 11 is 1.38. The van der Waals surface area contributed by atoms with E-state index in [1.807, 2.05) is 6.07 Å². The number of rotatable bonds is 1. The zero-order valence-electron chi connectivity index (χ0n) is 6.96. The van der Waals surface area contributed by atoms with E-state index in [1.165, 1.54) is 19.2 Å². The normalized spacial score (nSPS) is 12.7. The Morgan fingerprint density at radius 3 is 2.92 bits per heavy atom. The van der Waals surface area contributed by atoms with E-state index >= 15 is 0 Å². The van der Waals surface area contributed by atoms with Crippen LogP contribution in [0, 0.1) is 0 Å². The van der Waals surface area contributed by atoms with Crippen LogP contribution in [0.1, 0.15) is 10.4 Å². The highest BCUT2D eigenvalue weighted by molar-refractivity contribution is 8.02. The SMILES string of the molecule is COC(=O)c1ccc2c(c1)NSN2. The van der Waals surface area contributed by atoms with Gasteiger partial charge in [0.1, 0.15) is 0 Å². The van der Waals surface area contributed by atoms with Crippen molar-refractivity contribution in [1.29, 1.82) is 0 Å². The summed E-state index contributed by atoms with van der Waals surface area (Å²) in [4.78, 5) is 11.1. The van der Waals surface area contributed by atoms with Gasteiger partial charge in [0.15, 0.2) is 0 Å². The molecule has 0 amide bonds. The van der Waals surface area contributed by atoms with E-state index in [0.717, 1.165) is 11.4 Å². The molecule has 1 aliphatic heterocycles. The fraction of sp³-hybridized carbons (Fsp3) is 0.125. The molecule has 13 heavy (non-hydrogen) atoms. The van der Waals surface area contributed by atoms with Gasteiger partial charge < -0.3 is 14.2 Å². The zero-order valence-corrected chi connectivity index (χ0v) is 7.77. The van der Waals surface area contributed by atoms with Crippen LogP contribution in [-0.2, 0) is 4.74 Å². The van der Waals surface area contributed by atoms with Gasteiger partial charge in [-0.25, -0.2) is 4.79 Å². The van der Waals surface area contributed by atoms with E-state index < -0.39 is 0 Å². The highest BCUT2D eigenvalue weighted by atomic mass is 32.2. The Kier molecular flexibility index (Phi) is 2.02. The molecule has 0 aromatic heterocycles. The number of hydrogen-bond acceptors (Lipinski definition) is 5. The molecule has 0 atom stereocenters. The third-order valence-corrected chi connectivity index (χ3v) is 2.41. The molecule has 0 saturated heterocycles. The Hall–Kier alpha value is -1.36. The van der Waals surface area contributed by atoms with Crippen LogP contribution in [0.25, 0.3) is 0 Å². The Morgan fingerprint density at radius 2 is 2.15 bits per heavy atom. The van der Waals surface area contributed by atoms with Gasteiger partial charge in [0, 0.05) is 0 Å². The van der Waals surface area contributed by atoms with Gasteiger partial charge in [-0.15, -0.1) is 0 Å². The molecule has 5 heteroatoms. The fourth-order valence-corrected chi connectivity index (χ4v) is 1.72. The van der Waals surface area contributed by atoms with Crippen molar-refractivity contribution in [3.05, 3.63) is 23.8 Å². The molecule has 2 rings (SSSR count). The van der Waals surface area contributed by atoms with Crippen LogP contribution in [-0.4, -0.2) is 13.1 Å². The average molecular weight is 196 g/mol. The van der Waals surface area contributed by atoms with Crippen molar-refractivity contribution in [3.63, 3.8) is 0 Å². The van der Waals surface area contributed by atoms with Crippen molar-refractivity contribution in [2.75, 3.05) is 16.6 Å². The summed E-state index contributed by atoms with van der Waals surface area (Å²) in [6.45, 7) is 0. The van der Waals surface area contributed by atoms with Gasteiger partial charge in [-0.05, 0) is 18.2 Å². The van der Waals surface area contributed by atoms with Crippen LogP contribution in [0.15, 0.2) is 18.2 Å². The molecule has 0 unspecified atom stereocenters. The second-order valence-electron chi connectivity index (χ2n) is 2.56. The van der Waals surface area contributed by atoms with Crippen LogP contribution in [0.3, 0.4) is 0 Å². The number of nitrogens with one attached hydrogen (secondary N) is 2. The third-order valence-electron chi connectivity index (χ3n) is 1.76. The van der Waals surface area contributed by atoms with E-state index in [-0.39, 0.29) is 5.97 Å². The maximum absolute atomic E-state index is 11.1. The van der Waals surface area contributed by atoms with Crippen molar-refractivity contribution in [3.8, 4) is 0 Å². The average Bonchev–Trinajstić information content (AvgIpc) is 2.63. The minimum atomic E-state index is -0.318. The first kappa shape index (κ1) is 8.25. The molecule has 0 aliphatic carbocycles. The standard InChI is InChI=1S/C8H8N2O2S/c1-12-8(11)5-2-3-6-7(4-5)10-13-9-6/h2-4,9-10H,1H3. The van der Waals surface area contributed by atoms with Gasteiger partial charge in [-0.3, -0.25) is 0 Å². The first-order valence-electron chi connectivity index (χ1n) is 3.71. The Morgan fingerprint density at radius 1 is 1.38 bits per heavy atom. The number of ether oxygens (including phenoxy) is 1. The maximum atomic E-state index is 11.1. The van der Waals surface area contributed by atoms with E-state index in [4.69, 9.17) is 0 Å². The van der Waals surface area contributed by atoms with Crippen molar-refractivity contribution < 1.29 is 9.53 Å². The lowest BCUT2D eigenvalue weighted by atomic mass is 10.2. The molecule has 2 N–H and O–H groups in total. The highest BCUT2D eigenvalue weighted by Crippen LogP contribution is 2.33. The molecular formula is C8H8N2O2S. The monoisotopic (exact) mass is 196 g/mol. The van der Waals surface area contributed by atoms with Crippen molar-refractivity contribution in [1.82, 2.24) is 0 Å². The van der Waals surface area contributed by atoms with Gasteiger partial charge in [-0.1, -0.05) is 0 Å². The van der Waals surface area contributed by atoms with E-state index in [0.29, 0.717) is 5.56 Å². The largest absolute Gasteiger partial charge is 0.465 e. The molecule has 1 heterocycles. The number of carbonyl (C=O) groups is 1. The number of fused-ring (bicyclic) bond motifs is 1. The summed E-state index contributed by atoms with van der Waals surface area (Å²) in [6.07, 6.45) is 0. The number of benzene rings is 1. The summed E-state index contributed by atoms with van der Waals surface area (Å²) in [6, 6.07) is 5.33. The van der Waals surface area contributed by atoms with Crippen molar-refractivity contribution in [2.45, 2.75) is 0 Å². The quantitative estimate of drug-likeness (QED) is 0.530. The third kappa shape index (κ3) is 1.42. The molecule has 0 radical (unpaired) electrons. The summed E-state index contributed by atoms with van der Waals surface area (Å²) in [5.74, 6) is -0.318. The summed E-state index contributed by atoms with van der Waals surface area (Å²) < 4.78 is 10.7. The zero-order chi connectivity index (χ0) is 9.26. The lowest BCUT2D eigenvalue weighted by Gasteiger charge is -2.01.